The second kappa shape index (κ2) is 6.48. The van der Waals surface area contributed by atoms with Crippen molar-refractivity contribution in [2.24, 2.45) is 0 Å². The molecule has 0 bridgehead atoms. The minimum atomic E-state index is -3.82. The molecule has 0 unspecified atom stereocenters. The molecule has 0 radical (unpaired) electrons. The van der Waals surface area contributed by atoms with E-state index in [2.05, 4.69) is 14.9 Å². The summed E-state index contributed by atoms with van der Waals surface area (Å²) in [4.78, 5) is -0.0328. The average Bonchev–Trinajstić information content (AvgIpc) is 3.31. The molecule has 25 heavy (non-hydrogen) atoms. The molecule has 1 aromatic heterocycles. The van der Waals surface area contributed by atoms with Crippen molar-refractivity contribution >= 4 is 20.0 Å². The SMILES string of the molecule is CN(C)S(=O)(=O)c1ccc(S(=O)(=O)NCc2nnc(C3CC3)o2)cc1. The number of nitrogens with one attached hydrogen (secondary N) is 1. The Kier molecular flexibility index (Phi) is 4.66. The highest BCUT2D eigenvalue weighted by atomic mass is 32.2. The first kappa shape index (κ1) is 18.0. The van der Waals surface area contributed by atoms with Crippen molar-refractivity contribution < 1.29 is 21.3 Å². The van der Waals surface area contributed by atoms with Gasteiger partial charge in [-0.05, 0) is 37.1 Å². The van der Waals surface area contributed by atoms with Crippen LogP contribution in [0.3, 0.4) is 0 Å². The summed E-state index contributed by atoms with van der Waals surface area (Å²) in [7, 11) is -4.62. The van der Waals surface area contributed by atoms with Gasteiger partial charge in [-0.2, -0.15) is 0 Å². The number of rotatable bonds is 7. The lowest BCUT2D eigenvalue weighted by Crippen LogP contribution is -2.24. The molecule has 0 atom stereocenters. The molecular weight excluding hydrogens is 368 g/mol. The van der Waals surface area contributed by atoms with E-state index in [-0.39, 0.29) is 22.2 Å². The van der Waals surface area contributed by atoms with E-state index >= 15 is 0 Å². The van der Waals surface area contributed by atoms with Gasteiger partial charge < -0.3 is 4.42 Å². The lowest BCUT2D eigenvalue weighted by atomic mass is 10.4. The topological polar surface area (TPSA) is 122 Å². The third kappa shape index (κ3) is 3.89. The maximum atomic E-state index is 12.3. The van der Waals surface area contributed by atoms with E-state index in [1.807, 2.05) is 0 Å². The van der Waals surface area contributed by atoms with Gasteiger partial charge in [-0.25, -0.2) is 25.9 Å². The Morgan fingerprint density at radius 3 is 2.24 bits per heavy atom. The summed E-state index contributed by atoms with van der Waals surface area (Å²) in [5.74, 6) is 1.02. The van der Waals surface area contributed by atoms with E-state index in [0.29, 0.717) is 11.8 Å². The van der Waals surface area contributed by atoms with Gasteiger partial charge in [0.2, 0.25) is 31.8 Å². The molecule has 11 heteroatoms. The van der Waals surface area contributed by atoms with Gasteiger partial charge >= 0.3 is 0 Å². The van der Waals surface area contributed by atoms with Crippen LogP contribution in [0.1, 0.15) is 30.5 Å². The van der Waals surface area contributed by atoms with Gasteiger partial charge in [-0.1, -0.05) is 0 Å². The standard InChI is InChI=1S/C14H18N4O5S2/c1-18(2)25(21,22)12-7-5-11(6-8-12)24(19,20)15-9-13-16-17-14(23-13)10-3-4-10/h5-8,10,15H,3-4,9H2,1-2H3. The molecule has 9 nitrogen and oxygen atoms in total. The van der Waals surface area contributed by atoms with Crippen molar-refractivity contribution in [3.63, 3.8) is 0 Å². The monoisotopic (exact) mass is 386 g/mol. The first-order valence-electron chi connectivity index (χ1n) is 7.55. The van der Waals surface area contributed by atoms with Crippen LogP contribution in [0.15, 0.2) is 38.5 Å². The summed E-state index contributed by atoms with van der Waals surface area (Å²) in [6.45, 7) is -0.125. The second-order valence-electron chi connectivity index (χ2n) is 5.89. The molecule has 1 aromatic carbocycles. The van der Waals surface area contributed by atoms with Gasteiger partial charge in [0.05, 0.1) is 16.3 Å². The van der Waals surface area contributed by atoms with Crippen LogP contribution in [-0.4, -0.2) is 45.4 Å². The summed E-state index contributed by atoms with van der Waals surface area (Å²) in [5, 5.41) is 7.70. The minimum Gasteiger partial charge on any atom is -0.424 e. The number of sulfonamides is 2. The van der Waals surface area contributed by atoms with Crippen molar-refractivity contribution in [1.82, 2.24) is 19.2 Å². The van der Waals surface area contributed by atoms with Gasteiger partial charge in [-0.3, -0.25) is 0 Å². The summed E-state index contributed by atoms with van der Waals surface area (Å²) in [5.41, 5.74) is 0. The summed E-state index contributed by atoms with van der Waals surface area (Å²) >= 11 is 0. The molecular formula is C14H18N4O5S2. The van der Waals surface area contributed by atoms with Crippen molar-refractivity contribution in [3.8, 4) is 0 Å². The Bertz CT molecular complexity index is 961. The molecule has 3 rings (SSSR count). The van der Waals surface area contributed by atoms with E-state index < -0.39 is 20.0 Å². The number of hydrogen-bond donors (Lipinski definition) is 1. The summed E-state index contributed by atoms with van der Waals surface area (Å²) in [6, 6.07) is 4.98. The van der Waals surface area contributed by atoms with E-state index in [4.69, 9.17) is 4.42 Å². The molecule has 0 saturated heterocycles. The van der Waals surface area contributed by atoms with E-state index in [9.17, 15) is 16.8 Å². The van der Waals surface area contributed by atoms with Crippen LogP contribution in [0.5, 0.6) is 0 Å². The smallest absolute Gasteiger partial charge is 0.242 e. The summed E-state index contributed by atoms with van der Waals surface area (Å²) < 4.78 is 57.4. The highest BCUT2D eigenvalue weighted by molar-refractivity contribution is 7.89. The number of aromatic nitrogens is 2. The molecule has 1 saturated carbocycles. The van der Waals surface area contributed by atoms with Gasteiger partial charge in [-0.15, -0.1) is 10.2 Å². The molecule has 1 N–H and O–H groups in total. The van der Waals surface area contributed by atoms with Crippen molar-refractivity contribution in [1.29, 1.82) is 0 Å². The molecule has 136 valence electrons. The Labute approximate surface area is 146 Å². The minimum absolute atomic E-state index is 0.0161. The maximum absolute atomic E-state index is 12.3. The zero-order chi connectivity index (χ0) is 18.2. The van der Waals surface area contributed by atoms with Crippen molar-refractivity contribution in [3.05, 3.63) is 36.0 Å². The Morgan fingerprint density at radius 1 is 1.08 bits per heavy atom. The zero-order valence-electron chi connectivity index (χ0n) is 13.7. The fraction of sp³-hybridized carbons (Fsp3) is 0.429. The normalized spacial score (nSPS) is 15.6. The van der Waals surface area contributed by atoms with Gasteiger partial charge in [0, 0.05) is 20.0 Å². The Morgan fingerprint density at radius 2 is 1.68 bits per heavy atom. The molecule has 1 aliphatic rings. The molecule has 1 fully saturated rings. The van der Waals surface area contributed by atoms with E-state index in [0.717, 1.165) is 17.1 Å². The van der Waals surface area contributed by atoms with Crippen LogP contribution in [-0.2, 0) is 26.6 Å². The highest BCUT2D eigenvalue weighted by Crippen LogP contribution is 2.38. The molecule has 0 spiro atoms. The first-order valence-corrected chi connectivity index (χ1v) is 10.5. The van der Waals surface area contributed by atoms with Crippen molar-refractivity contribution in [2.45, 2.75) is 35.1 Å². The first-order chi connectivity index (χ1) is 11.7. The van der Waals surface area contributed by atoms with Crippen LogP contribution in [0, 0.1) is 0 Å². The lowest BCUT2D eigenvalue weighted by molar-refractivity contribution is 0.445. The molecule has 1 aliphatic carbocycles. The lowest BCUT2D eigenvalue weighted by Gasteiger charge is -2.11. The molecule has 2 aromatic rings. The van der Waals surface area contributed by atoms with Crippen LogP contribution in [0.4, 0.5) is 0 Å². The zero-order valence-corrected chi connectivity index (χ0v) is 15.3. The van der Waals surface area contributed by atoms with Crippen LogP contribution >= 0.6 is 0 Å². The number of benzene rings is 1. The second-order valence-corrected chi connectivity index (χ2v) is 9.81. The fourth-order valence-electron chi connectivity index (χ4n) is 2.07. The summed E-state index contributed by atoms with van der Waals surface area (Å²) in [6.07, 6.45) is 2.02. The third-order valence-corrected chi connectivity index (χ3v) is 6.98. The van der Waals surface area contributed by atoms with Gasteiger partial charge in [0.1, 0.15) is 0 Å². The quantitative estimate of drug-likeness (QED) is 0.742. The van der Waals surface area contributed by atoms with Gasteiger partial charge in [0.25, 0.3) is 0 Å². The Balaban J connectivity index is 1.71. The predicted octanol–water partition coefficient (Wildman–Crippen LogP) is 0.676. The van der Waals surface area contributed by atoms with Crippen molar-refractivity contribution in [2.75, 3.05) is 14.1 Å². The van der Waals surface area contributed by atoms with E-state index in [1.165, 1.54) is 38.4 Å². The van der Waals surface area contributed by atoms with Gasteiger partial charge in [0.15, 0.2) is 0 Å². The Hall–Kier alpha value is -1.82. The predicted molar refractivity (Wildman–Crippen MR) is 87.6 cm³/mol. The third-order valence-electron chi connectivity index (χ3n) is 3.74. The highest BCUT2D eigenvalue weighted by Gasteiger charge is 2.29. The number of hydrogen-bond acceptors (Lipinski definition) is 7. The largest absolute Gasteiger partial charge is 0.424 e. The average molecular weight is 386 g/mol. The van der Waals surface area contributed by atoms with Crippen LogP contribution in [0.25, 0.3) is 0 Å². The van der Waals surface area contributed by atoms with E-state index in [1.54, 1.807) is 0 Å². The molecule has 0 amide bonds. The number of nitrogens with zero attached hydrogens (tertiary/aromatic N) is 3. The fourth-order valence-corrected chi connectivity index (χ4v) is 3.95. The van der Waals surface area contributed by atoms with Crippen LogP contribution < -0.4 is 4.72 Å². The van der Waals surface area contributed by atoms with Crippen LogP contribution in [0.2, 0.25) is 0 Å². The molecule has 0 aliphatic heterocycles. The molecule has 1 heterocycles. The maximum Gasteiger partial charge on any atom is 0.242 e.